The third-order valence-corrected chi connectivity index (χ3v) is 17.6. The monoisotopic (exact) mass is 1270 g/mol. The van der Waals surface area contributed by atoms with Crippen molar-refractivity contribution in [1.82, 2.24) is 0 Å². The molecule has 510 valence electrons. The third kappa shape index (κ3) is 59.7. The van der Waals surface area contributed by atoms with E-state index < -0.39 is 97.5 Å². The van der Waals surface area contributed by atoms with Crippen LogP contribution in [0, 0.1) is 23.7 Å². The van der Waals surface area contributed by atoms with Crippen LogP contribution < -0.4 is 0 Å². The zero-order valence-corrected chi connectivity index (χ0v) is 57.7. The van der Waals surface area contributed by atoms with E-state index in [0.29, 0.717) is 31.6 Å². The average Bonchev–Trinajstić information content (AvgIpc) is 3.60. The Labute approximate surface area is 524 Å². The molecule has 0 amide bonds. The smallest absolute Gasteiger partial charge is 0.462 e. The first-order valence-electron chi connectivity index (χ1n) is 34.7. The summed E-state index contributed by atoms with van der Waals surface area (Å²) in [4.78, 5) is 72.3. The van der Waals surface area contributed by atoms with Crippen molar-refractivity contribution in [2.75, 3.05) is 39.6 Å². The summed E-state index contributed by atoms with van der Waals surface area (Å²) >= 11 is 0. The van der Waals surface area contributed by atoms with Crippen LogP contribution in [0.3, 0.4) is 0 Å². The van der Waals surface area contributed by atoms with E-state index in [1.54, 1.807) is 0 Å². The Balaban J connectivity index is 5.22. The summed E-state index contributed by atoms with van der Waals surface area (Å²) in [6.45, 7) is 14.0. The molecule has 0 aliphatic heterocycles. The van der Waals surface area contributed by atoms with E-state index >= 15 is 0 Å². The summed E-state index contributed by atoms with van der Waals surface area (Å²) in [5.74, 6) is 0.780. The maximum atomic E-state index is 13.0. The van der Waals surface area contributed by atoms with Gasteiger partial charge in [-0.2, -0.15) is 0 Å². The van der Waals surface area contributed by atoms with E-state index in [2.05, 4.69) is 55.4 Å². The molecule has 19 heteroatoms. The van der Waals surface area contributed by atoms with E-state index in [0.717, 1.165) is 114 Å². The van der Waals surface area contributed by atoms with Gasteiger partial charge in [-0.3, -0.25) is 37.3 Å². The van der Waals surface area contributed by atoms with Crippen LogP contribution in [0.15, 0.2) is 0 Å². The van der Waals surface area contributed by atoms with Crippen LogP contribution in [0.4, 0.5) is 0 Å². The van der Waals surface area contributed by atoms with Crippen LogP contribution in [0.25, 0.3) is 0 Å². The van der Waals surface area contributed by atoms with Gasteiger partial charge >= 0.3 is 39.5 Å². The SMILES string of the molecule is CCC(C)CCCCCCCCC(=O)OC[C@H](COP(=O)(O)OC[C@H](O)COP(=O)(O)OC[C@@H](COC(=O)CCCCCCCCCCCCCCC(C)C)OC(=O)CCCCCCCCC(C)C)OC(=O)CCCCCCCCCCCC(C)C. The summed E-state index contributed by atoms with van der Waals surface area (Å²) in [7, 11) is -9.89. The van der Waals surface area contributed by atoms with Gasteiger partial charge < -0.3 is 33.8 Å². The molecule has 3 unspecified atom stereocenters. The molecule has 0 heterocycles. The molecule has 0 aromatic carbocycles. The van der Waals surface area contributed by atoms with Crippen LogP contribution in [0.2, 0.25) is 0 Å². The van der Waals surface area contributed by atoms with Gasteiger partial charge in [0.25, 0.3) is 0 Å². The summed E-state index contributed by atoms with van der Waals surface area (Å²) in [6, 6.07) is 0. The van der Waals surface area contributed by atoms with Gasteiger partial charge in [0.15, 0.2) is 12.2 Å². The number of unbranched alkanes of at least 4 members (excludes halogenated alkanes) is 29. The largest absolute Gasteiger partial charge is 0.472 e. The fraction of sp³-hybridized carbons (Fsp3) is 0.940. The standard InChI is InChI=1S/C67H130O17P2/c1-9-60(8)46-38-30-24-26-32-40-48-65(70)78-54-62(83-66(71)49-41-33-22-18-14-16-20-28-36-44-58(4)5)55-81-85(73,74)79-51-61(68)52-80-86(75,76)82-56-63(84-67(72)50-42-34-25-23-29-37-45-59(6)7)53-77-64(69)47-39-31-21-17-13-11-10-12-15-19-27-35-43-57(2)3/h57-63,68H,9-56H2,1-8H3,(H,73,74)(H,75,76)/t60?,61-,62+,63+/m0/s1. The van der Waals surface area contributed by atoms with Gasteiger partial charge in [0.05, 0.1) is 26.4 Å². The van der Waals surface area contributed by atoms with Crippen LogP contribution in [-0.4, -0.2) is 96.7 Å². The Bertz CT molecular complexity index is 1720. The highest BCUT2D eigenvalue weighted by Gasteiger charge is 2.30. The maximum absolute atomic E-state index is 13.0. The van der Waals surface area contributed by atoms with Crippen molar-refractivity contribution in [3.05, 3.63) is 0 Å². The van der Waals surface area contributed by atoms with E-state index in [1.165, 1.54) is 122 Å². The molecule has 86 heavy (non-hydrogen) atoms. The second-order valence-corrected chi connectivity index (χ2v) is 28.8. The zero-order valence-electron chi connectivity index (χ0n) is 55.9. The molecule has 0 radical (unpaired) electrons. The Hall–Kier alpha value is -1.94. The van der Waals surface area contributed by atoms with E-state index in [9.17, 15) is 43.2 Å². The van der Waals surface area contributed by atoms with Gasteiger partial charge in [-0.15, -0.1) is 0 Å². The van der Waals surface area contributed by atoms with Gasteiger partial charge in [0.2, 0.25) is 0 Å². The molecule has 0 aliphatic rings. The lowest BCUT2D eigenvalue weighted by Crippen LogP contribution is -2.30. The lowest BCUT2D eigenvalue weighted by Gasteiger charge is -2.21. The average molecular weight is 1270 g/mol. The topological polar surface area (TPSA) is 237 Å². The summed E-state index contributed by atoms with van der Waals surface area (Å²) in [5, 5.41) is 10.6. The number of phosphoric ester groups is 2. The van der Waals surface area contributed by atoms with Crippen molar-refractivity contribution in [2.24, 2.45) is 23.7 Å². The first-order chi connectivity index (χ1) is 41.1. The molecule has 0 rings (SSSR count). The third-order valence-electron chi connectivity index (χ3n) is 15.7. The molecule has 0 bridgehead atoms. The van der Waals surface area contributed by atoms with Crippen LogP contribution in [0.5, 0.6) is 0 Å². The minimum atomic E-state index is -4.95. The molecule has 0 aromatic rings. The predicted molar refractivity (Wildman–Crippen MR) is 344 cm³/mol. The van der Waals surface area contributed by atoms with Gasteiger partial charge in [-0.1, -0.05) is 274 Å². The number of hydrogen-bond acceptors (Lipinski definition) is 15. The number of aliphatic hydroxyl groups is 1. The van der Waals surface area contributed by atoms with Crippen LogP contribution >= 0.6 is 15.6 Å². The number of hydrogen-bond donors (Lipinski definition) is 3. The molecule has 0 saturated carbocycles. The highest BCUT2D eigenvalue weighted by Crippen LogP contribution is 2.45. The number of esters is 4. The molecule has 6 atom stereocenters. The molecule has 0 aromatic heterocycles. The fourth-order valence-electron chi connectivity index (χ4n) is 9.93. The number of ether oxygens (including phenoxy) is 4. The molecule has 0 saturated heterocycles. The first kappa shape index (κ1) is 84.1. The fourth-order valence-corrected chi connectivity index (χ4v) is 11.5. The van der Waals surface area contributed by atoms with Crippen molar-refractivity contribution in [3.63, 3.8) is 0 Å². The van der Waals surface area contributed by atoms with E-state index in [1.807, 2.05) is 0 Å². The highest BCUT2D eigenvalue weighted by atomic mass is 31.2. The number of carbonyl (C=O) groups is 4. The van der Waals surface area contributed by atoms with Gasteiger partial charge in [0, 0.05) is 25.7 Å². The lowest BCUT2D eigenvalue weighted by atomic mass is 10.00. The maximum Gasteiger partial charge on any atom is 0.472 e. The molecular weight excluding hydrogens is 1140 g/mol. The molecular formula is C67H130O17P2. The minimum absolute atomic E-state index is 0.101. The minimum Gasteiger partial charge on any atom is -0.462 e. The Morgan fingerprint density at radius 1 is 0.326 bits per heavy atom. The number of carbonyl (C=O) groups excluding carboxylic acids is 4. The van der Waals surface area contributed by atoms with Crippen molar-refractivity contribution in [1.29, 1.82) is 0 Å². The van der Waals surface area contributed by atoms with Crippen molar-refractivity contribution >= 4 is 39.5 Å². The quantitative estimate of drug-likeness (QED) is 0.0222. The molecule has 0 aliphatic carbocycles. The first-order valence-corrected chi connectivity index (χ1v) is 37.7. The number of aliphatic hydroxyl groups excluding tert-OH is 1. The van der Waals surface area contributed by atoms with E-state index in [-0.39, 0.29) is 25.7 Å². The Kier molecular flexibility index (Phi) is 55.7. The van der Waals surface area contributed by atoms with Crippen LogP contribution in [0.1, 0.15) is 325 Å². The van der Waals surface area contributed by atoms with Crippen molar-refractivity contribution in [3.8, 4) is 0 Å². The van der Waals surface area contributed by atoms with Gasteiger partial charge in [-0.25, -0.2) is 9.13 Å². The van der Waals surface area contributed by atoms with Crippen molar-refractivity contribution in [2.45, 2.75) is 343 Å². The lowest BCUT2D eigenvalue weighted by molar-refractivity contribution is -0.161. The summed E-state index contributed by atoms with van der Waals surface area (Å²) < 4.78 is 68.1. The predicted octanol–water partition coefficient (Wildman–Crippen LogP) is 18.5. The van der Waals surface area contributed by atoms with Crippen molar-refractivity contribution < 1.29 is 80.2 Å². The van der Waals surface area contributed by atoms with Gasteiger partial charge in [0.1, 0.15) is 19.3 Å². The number of phosphoric acid groups is 2. The normalized spacial score (nSPS) is 14.7. The molecule has 17 nitrogen and oxygen atoms in total. The highest BCUT2D eigenvalue weighted by molar-refractivity contribution is 7.47. The summed E-state index contributed by atoms with van der Waals surface area (Å²) in [6.07, 6.45) is 37.8. The molecule has 0 spiro atoms. The second-order valence-electron chi connectivity index (χ2n) is 25.9. The zero-order chi connectivity index (χ0) is 63.9. The summed E-state index contributed by atoms with van der Waals surface area (Å²) in [5.41, 5.74) is 0. The van der Waals surface area contributed by atoms with Crippen LogP contribution in [-0.2, 0) is 65.4 Å². The van der Waals surface area contributed by atoms with E-state index in [4.69, 9.17) is 37.0 Å². The molecule has 0 fully saturated rings. The van der Waals surface area contributed by atoms with Gasteiger partial charge in [-0.05, 0) is 49.4 Å². The number of rotatable bonds is 64. The Morgan fingerprint density at radius 3 is 0.826 bits per heavy atom. The Morgan fingerprint density at radius 2 is 0.558 bits per heavy atom. The second kappa shape index (κ2) is 57.0. The molecule has 3 N–H and O–H groups in total.